The van der Waals surface area contributed by atoms with Crippen LogP contribution in [0.5, 0.6) is 0 Å². The number of hydrogen-bond acceptors (Lipinski definition) is 2. The van der Waals surface area contributed by atoms with Crippen molar-refractivity contribution in [3.8, 4) is 0 Å². The van der Waals surface area contributed by atoms with Crippen LogP contribution in [0.4, 0.5) is 0 Å². The van der Waals surface area contributed by atoms with E-state index in [4.69, 9.17) is 5.73 Å². The van der Waals surface area contributed by atoms with Crippen LogP contribution in [-0.4, -0.2) is 30.4 Å². The fourth-order valence-corrected chi connectivity index (χ4v) is 2.53. The fourth-order valence-electron chi connectivity index (χ4n) is 2.53. The third kappa shape index (κ3) is 3.48. The Morgan fingerprint density at radius 2 is 2.06 bits per heavy atom. The monoisotopic (exact) mass is 226 g/mol. The highest BCUT2D eigenvalue weighted by Crippen LogP contribution is 2.28. The standard InChI is InChI=1S/C13H26N2O/c1-9(2)8-15(4)13(16)11-6-5-10(3)12(14)7-11/h9-12H,5-8,14H2,1-4H3. The van der Waals surface area contributed by atoms with Crippen LogP contribution >= 0.6 is 0 Å². The Morgan fingerprint density at radius 1 is 1.44 bits per heavy atom. The van der Waals surface area contributed by atoms with E-state index < -0.39 is 0 Å². The Hall–Kier alpha value is -0.570. The zero-order valence-corrected chi connectivity index (χ0v) is 11.1. The largest absolute Gasteiger partial charge is 0.345 e. The van der Waals surface area contributed by atoms with E-state index in [0.717, 1.165) is 25.8 Å². The predicted molar refractivity (Wildman–Crippen MR) is 67.0 cm³/mol. The first-order valence-electron chi connectivity index (χ1n) is 6.42. The number of nitrogens with two attached hydrogens (primary N) is 1. The minimum Gasteiger partial charge on any atom is -0.345 e. The van der Waals surface area contributed by atoms with E-state index in [1.54, 1.807) is 0 Å². The molecular formula is C13H26N2O. The van der Waals surface area contributed by atoms with Crippen molar-refractivity contribution in [2.45, 2.75) is 46.1 Å². The van der Waals surface area contributed by atoms with E-state index in [2.05, 4.69) is 20.8 Å². The second kappa shape index (κ2) is 5.67. The van der Waals surface area contributed by atoms with Gasteiger partial charge in [-0.1, -0.05) is 20.8 Å². The Bertz CT molecular complexity index is 240. The molecule has 1 rings (SSSR count). The molecule has 1 aliphatic carbocycles. The maximum Gasteiger partial charge on any atom is 0.225 e. The molecule has 16 heavy (non-hydrogen) atoms. The molecule has 3 atom stereocenters. The number of amides is 1. The van der Waals surface area contributed by atoms with Gasteiger partial charge in [-0.2, -0.15) is 0 Å². The second-order valence-corrected chi connectivity index (χ2v) is 5.76. The van der Waals surface area contributed by atoms with Gasteiger partial charge in [0.05, 0.1) is 0 Å². The summed E-state index contributed by atoms with van der Waals surface area (Å²) in [5.74, 6) is 1.55. The smallest absolute Gasteiger partial charge is 0.225 e. The van der Waals surface area contributed by atoms with Crippen LogP contribution in [0.15, 0.2) is 0 Å². The van der Waals surface area contributed by atoms with Gasteiger partial charge < -0.3 is 10.6 Å². The number of hydrogen-bond donors (Lipinski definition) is 1. The van der Waals surface area contributed by atoms with Gasteiger partial charge >= 0.3 is 0 Å². The van der Waals surface area contributed by atoms with Crippen LogP contribution in [0.25, 0.3) is 0 Å². The molecule has 3 heteroatoms. The van der Waals surface area contributed by atoms with Crippen molar-refractivity contribution >= 4 is 5.91 Å². The van der Waals surface area contributed by atoms with Crippen LogP contribution in [0.3, 0.4) is 0 Å². The van der Waals surface area contributed by atoms with Crippen LogP contribution in [0, 0.1) is 17.8 Å². The SMILES string of the molecule is CC(C)CN(C)C(=O)C1CCC(C)C(N)C1. The molecule has 0 aromatic heterocycles. The first-order valence-corrected chi connectivity index (χ1v) is 6.42. The molecule has 0 saturated heterocycles. The molecule has 3 unspecified atom stereocenters. The van der Waals surface area contributed by atoms with Gasteiger partial charge in [0.15, 0.2) is 0 Å². The lowest BCUT2D eigenvalue weighted by Gasteiger charge is -2.33. The summed E-state index contributed by atoms with van der Waals surface area (Å²) in [4.78, 5) is 14.0. The third-order valence-electron chi connectivity index (χ3n) is 3.62. The van der Waals surface area contributed by atoms with E-state index in [9.17, 15) is 4.79 Å². The van der Waals surface area contributed by atoms with Gasteiger partial charge in [0.25, 0.3) is 0 Å². The molecule has 0 aliphatic heterocycles. The summed E-state index contributed by atoms with van der Waals surface area (Å²) in [5, 5.41) is 0. The predicted octanol–water partition coefficient (Wildman–Crippen LogP) is 1.86. The Morgan fingerprint density at radius 3 is 2.56 bits per heavy atom. The molecular weight excluding hydrogens is 200 g/mol. The first kappa shape index (κ1) is 13.5. The molecule has 2 N–H and O–H groups in total. The molecule has 1 aliphatic rings. The summed E-state index contributed by atoms with van der Waals surface area (Å²) in [6.45, 7) is 7.31. The van der Waals surface area contributed by atoms with E-state index >= 15 is 0 Å². The van der Waals surface area contributed by atoms with Crippen molar-refractivity contribution < 1.29 is 4.79 Å². The molecule has 0 radical (unpaired) electrons. The molecule has 94 valence electrons. The maximum atomic E-state index is 12.2. The Kier molecular flexibility index (Phi) is 4.78. The van der Waals surface area contributed by atoms with E-state index in [-0.39, 0.29) is 17.9 Å². The quantitative estimate of drug-likeness (QED) is 0.798. The van der Waals surface area contributed by atoms with Crippen molar-refractivity contribution in [3.05, 3.63) is 0 Å². The molecule has 0 aromatic carbocycles. The van der Waals surface area contributed by atoms with Gasteiger partial charge in [-0.3, -0.25) is 4.79 Å². The van der Waals surface area contributed by atoms with Gasteiger partial charge in [0, 0.05) is 25.6 Å². The summed E-state index contributed by atoms with van der Waals surface area (Å²) < 4.78 is 0. The van der Waals surface area contributed by atoms with Crippen LogP contribution < -0.4 is 5.73 Å². The summed E-state index contributed by atoms with van der Waals surface area (Å²) in [7, 11) is 1.91. The van der Waals surface area contributed by atoms with Gasteiger partial charge in [-0.25, -0.2) is 0 Å². The highest BCUT2D eigenvalue weighted by molar-refractivity contribution is 5.78. The summed E-state index contributed by atoms with van der Waals surface area (Å²) in [5.41, 5.74) is 6.04. The molecule has 3 nitrogen and oxygen atoms in total. The van der Waals surface area contributed by atoms with Crippen molar-refractivity contribution in [1.29, 1.82) is 0 Å². The topological polar surface area (TPSA) is 46.3 Å². The normalized spacial score (nSPS) is 30.5. The van der Waals surface area contributed by atoms with Gasteiger partial charge in [-0.15, -0.1) is 0 Å². The minimum atomic E-state index is 0.162. The van der Waals surface area contributed by atoms with Gasteiger partial charge in [-0.05, 0) is 31.1 Å². The highest BCUT2D eigenvalue weighted by atomic mass is 16.2. The fraction of sp³-hybridized carbons (Fsp3) is 0.923. The Balaban J connectivity index is 2.48. The average molecular weight is 226 g/mol. The highest BCUT2D eigenvalue weighted by Gasteiger charge is 2.31. The van der Waals surface area contributed by atoms with Crippen LogP contribution in [0.2, 0.25) is 0 Å². The lowest BCUT2D eigenvalue weighted by atomic mass is 9.79. The second-order valence-electron chi connectivity index (χ2n) is 5.76. The van der Waals surface area contributed by atoms with Crippen molar-refractivity contribution in [1.82, 2.24) is 4.90 Å². The molecule has 1 amide bonds. The molecule has 0 bridgehead atoms. The van der Waals surface area contributed by atoms with E-state index in [1.807, 2.05) is 11.9 Å². The number of carbonyl (C=O) groups excluding carboxylic acids is 1. The molecule has 1 fully saturated rings. The minimum absolute atomic E-state index is 0.162. The average Bonchev–Trinajstić information content (AvgIpc) is 2.20. The molecule has 0 aromatic rings. The van der Waals surface area contributed by atoms with Crippen molar-refractivity contribution in [2.75, 3.05) is 13.6 Å². The third-order valence-corrected chi connectivity index (χ3v) is 3.62. The first-order chi connectivity index (χ1) is 7.41. The van der Waals surface area contributed by atoms with E-state index in [0.29, 0.717) is 11.8 Å². The number of carbonyl (C=O) groups is 1. The summed E-state index contributed by atoms with van der Waals surface area (Å²) >= 11 is 0. The van der Waals surface area contributed by atoms with Crippen molar-refractivity contribution in [2.24, 2.45) is 23.5 Å². The maximum absolute atomic E-state index is 12.2. The number of rotatable bonds is 3. The molecule has 0 spiro atoms. The zero-order valence-electron chi connectivity index (χ0n) is 11.1. The lowest BCUT2D eigenvalue weighted by Crippen LogP contribution is -2.42. The number of nitrogens with zero attached hydrogens (tertiary/aromatic N) is 1. The van der Waals surface area contributed by atoms with Gasteiger partial charge in [0.1, 0.15) is 0 Å². The van der Waals surface area contributed by atoms with E-state index in [1.165, 1.54) is 0 Å². The molecule has 0 heterocycles. The van der Waals surface area contributed by atoms with Crippen LogP contribution in [0.1, 0.15) is 40.0 Å². The van der Waals surface area contributed by atoms with Crippen molar-refractivity contribution in [3.63, 3.8) is 0 Å². The lowest BCUT2D eigenvalue weighted by molar-refractivity contribution is -0.136. The summed E-state index contributed by atoms with van der Waals surface area (Å²) in [6.07, 6.45) is 2.96. The van der Waals surface area contributed by atoms with Crippen LogP contribution in [-0.2, 0) is 4.79 Å². The molecule has 1 saturated carbocycles. The Labute approximate surface area is 99.4 Å². The zero-order chi connectivity index (χ0) is 12.3. The van der Waals surface area contributed by atoms with Gasteiger partial charge in [0.2, 0.25) is 5.91 Å². The summed E-state index contributed by atoms with van der Waals surface area (Å²) in [6, 6.07) is 0.204.